The molecule has 0 saturated heterocycles. The molecular weight excluding hydrogens is 326 g/mol. The normalized spacial score (nSPS) is 12.8. The predicted octanol–water partition coefficient (Wildman–Crippen LogP) is 2.26. The Labute approximate surface area is 153 Å². The van der Waals surface area contributed by atoms with Crippen molar-refractivity contribution in [3.8, 4) is 12.1 Å². The Morgan fingerprint density at radius 2 is 1.77 bits per heavy atom. The van der Waals surface area contributed by atoms with Gasteiger partial charge in [-0.15, -0.1) is 0 Å². The Balaban J connectivity index is 1.87. The highest BCUT2D eigenvalue weighted by Gasteiger charge is 2.22. The van der Waals surface area contributed by atoms with Crippen LogP contribution in [0.1, 0.15) is 24.0 Å². The van der Waals surface area contributed by atoms with Gasteiger partial charge in [-0.25, -0.2) is 9.97 Å². The van der Waals surface area contributed by atoms with Crippen molar-refractivity contribution >= 4 is 17.3 Å². The lowest BCUT2D eigenvalue weighted by molar-refractivity contribution is 0.717. The molecule has 1 aliphatic rings. The molecule has 0 atom stereocenters. The van der Waals surface area contributed by atoms with E-state index in [0.717, 1.165) is 19.5 Å². The number of nitrogen functional groups attached to an aromatic ring is 1. The first-order valence-corrected chi connectivity index (χ1v) is 8.65. The molecule has 0 bridgehead atoms. The van der Waals surface area contributed by atoms with Gasteiger partial charge in [-0.2, -0.15) is 10.5 Å². The van der Waals surface area contributed by atoms with Crippen molar-refractivity contribution in [2.45, 2.75) is 25.8 Å². The number of aromatic nitrogens is 2. The van der Waals surface area contributed by atoms with Gasteiger partial charge in [0.2, 0.25) is 0 Å². The lowest BCUT2D eigenvalue weighted by atomic mass is 10.00. The van der Waals surface area contributed by atoms with E-state index in [-0.39, 0.29) is 0 Å². The van der Waals surface area contributed by atoms with Crippen LogP contribution in [0.15, 0.2) is 30.6 Å². The van der Waals surface area contributed by atoms with Crippen molar-refractivity contribution in [2.24, 2.45) is 0 Å². The number of hydrogen-bond acceptors (Lipinski definition) is 7. The second-order valence-electron chi connectivity index (χ2n) is 6.18. The molecule has 0 unspecified atom stereocenters. The Morgan fingerprint density at radius 1 is 1.08 bits per heavy atom. The van der Waals surface area contributed by atoms with Crippen molar-refractivity contribution in [2.75, 3.05) is 35.2 Å². The number of benzene rings is 1. The van der Waals surface area contributed by atoms with Crippen LogP contribution in [0.5, 0.6) is 0 Å². The Hall–Kier alpha value is -3.32. The first-order chi connectivity index (χ1) is 12.7. The van der Waals surface area contributed by atoms with Crippen molar-refractivity contribution < 1.29 is 0 Å². The molecule has 132 valence electrons. The fourth-order valence-corrected chi connectivity index (χ4v) is 3.25. The zero-order chi connectivity index (χ0) is 18.4. The number of hydrogen-bond donors (Lipinski definition) is 1. The first kappa shape index (κ1) is 17.5. The molecule has 2 N–H and O–H groups in total. The van der Waals surface area contributed by atoms with Crippen LogP contribution in [0, 0.1) is 22.7 Å². The summed E-state index contributed by atoms with van der Waals surface area (Å²) in [4.78, 5) is 12.8. The summed E-state index contributed by atoms with van der Waals surface area (Å²) in [6.45, 7) is 2.57. The lowest BCUT2D eigenvalue weighted by Gasteiger charge is -2.32. The van der Waals surface area contributed by atoms with Crippen LogP contribution in [-0.4, -0.2) is 29.6 Å². The second-order valence-corrected chi connectivity index (χ2v) is 6.18. The SMILES string of the molecule is N#CCCN(CCC#N)c1ncnc(N2CCc3ccccc3C2)c1N. The molecule has 0 aliphatic carbocycles. The van der Waals surface area contributed by atoms with Crippen LogP contribution in [0.4, 0.5) is 17.3 Å². The summed E-state index contributed by atoms with van der Waals surface area (Å²) >= 11 is 0. The quantitative estimate of drug-likeness (QED) is 0.854. The van der Waals surface area contributed by atoms with Gasteiger partial charge in [0.1, 0.15) is 12.0 Å². The van der Waals surface area contributed by atoms with E-state index in [4.69, 9.17) is 16.3 Å². The number of nitrogens with zero attached hydrogens (tertiary/aromatic N) is 6. The molecule has 0 fully saturated rings. The summed E-state index contributed by atoms with van der Waals surface area (Å²) in [5.41, 5.74) is 9.55. The fraction of sp³-hybridized carbons (Fsp3) is 0.368. The lowest BCUT2D eigenvalue weighted by Crippen LogP contribution is -2.33. The molecule has 3 rings (SSSR count). The molecule has 0 saturated carbocycles. The summed E-state index contributed by atoms with van der Waals surface area (Å²) in [5, 5.41) is 17.8. The monoisotopic (exact) mass is 347 g/mol. The molecule has 7 heteroatoms. The third-order valence-corrected chi connectivity index (χ3v) is 4.56. The minimum Gasteiger partial charge on any atom is -0.393 e. The van der Waals surface area contributed by atoms with E-state index in [9.17, 15) is 0 Å². The highest BCUT2D eigenvalue weighted by Crippen LogP contribution is 2.32. The summed E-state index contributed by atoms with van der Waals surface area (Å²) in [6.07, 6.45) is 3.15. The Morgan fingerprint density at radius 3 is 2.46 bits per heavy atom. The van der Waals surface area contributed by atoms with E-state index < -0.39 is 0 Å². The van der Waals surface area contributed by atoms with Gasteiger partial charge in [0.05, 0.1) is 25.0 Å². The molecule has 2 heterocycles. The fourth-order valence-electron chi connectivity index (χ4n) is 3.25. The van der Waals surface area contributed by atoms with E-state index in [1.165, 1.54) is 17.5 Å². The molecule has 1 aliphatic heterocycles. The molecule has 1 aromatic heterocycles. The van der Waals surface area contributed by atoms with Crippen LogP contribution < -0.4 is 15.5 Å². The third kappa shape index (κ3) is 3.68. The highest BCUT2D eigenvalue weighted by molar-refractivity contribution is 5.76. The maximum Gasteiger partial charge on any atom is 0.157 e. The van der Waals surface area contributed by atoms with Crippen LogP contribution in [0.25, 0.3) is 0 Å². The Bertz CT molecular complexity index is 832. The maximum absolute atomic E-state index is 8.89. The van der Waals surface area contributed by atoms with Gasteiger partial charge in [-0.3, -0.25) is 0 Å². The number of rotatable bonds is 6. The Kier molecular flexibility index (Phi) is 5.50. The maximum atomic E-state index is 8.89. The zero-order valence-electron chi connectivity index (χ0n) is 14.6. The average Bonchev–Trinajstić information content (AvgIpc) is 2.68. The standard InChI is InChI=1S/C19H21N7/c20-8-3-10-25(11-4-9-21)18-17(22)19(24-14-23-18)26-12-7-15-5-1-2-6-16(15)13-26/h1-2,5-6,14H,3-4,7,10-13,22H2. The van der Waals surface area contributed by atoms with E-state index in [1.54, 1.807) is 0 Å². The van der Waals surface area contributed by atoms with Crippen molar-refractivity contribution in [1.82, 2.24) is 9.97 Å². The molecule has 26 heavy (non-hydrogen) atoms. The number of anilines is 3. The van der Waals surface area contributed by atoms with E-state index in [1.807, 2.05) is 11.0 Å². The topological polar surface area (TPSA) is 106 Å². The second kappa shape index (κ2) is 8.17. The number of fused-ring (bicyclic) bond motifs is 1. The van der Waals surface area contributed by atoms with Gasteiger partial charge in [-0.1, -0.05) is 24.3 Å². The van der Waals surface area contributed by atoms with E-state index >= 15 is 0 Å². The largest absolute Gasteiger partial charge is 0.393 e. The molecule has 2 aromatic rings. The molecule has 0 amide bonds. The van der Waals surface area contributed by atoms with Crippen molar-refractivity contribution in [3.63, 3.8) is 0 Å². The minimum absolute atomic E-state index is 0.349. The minimum atomic E-state index is 0.349. The van der Waals surface area contributed by atoms with E-state index in [2.05, 4.69) is 45.2 Å². The summed E-state index contributed by atoms with van der Waals surface area (Å²) in [7, 11) is 0. The molecule has 0 spiro atoms. The molecule has 7 nitrogen and oxygen atoms in total. The van der Waals surface area contributed by atoms with Crippen LogP contribution in [-0.2, 0) is 13.0 Å². The van der Waals surface area contributed by atoms with Gasteiger partial charge >= 0.3 is 0 Å². The van der Waals surface area contributed by atoms with E-state index in [0.29, 0.717) is 43.3 Å². The summed E-state index contributed by atoms with van der Waals surface area (Å²) < 4.78 is 0. The summed E-state index contributed by atoms with van der Waals surface area (Å²) in [5.74, 6) is 1.31. The number of nitriles is 2. The van der Waals surface area contributed by atoms with Gasteiger partial charge in [0, 0.05) is 26.2 Å². The summed E-state index contributed by atoms with van der Waals surface area (Å²) in [6, 6.07) is 12.7. The zero-order valence-corrected chi connectivity index (χ0v) is 14.6. The number of nitrogens with two attached hydrogens (primary N) is 1. The van der Waals surface area contributed by atoms with Crippen LogP contribution in [0.2, 0.25) is 0 Å². The molecule has 1 aromatic carbocycles. The van der Waals surface area contributed by atoms with Crippen molar-refractivity contribution in [3.05, 3.63) is 41.7 Å². The van der Waals surface area contributed by atoms with Gasteiger partial charge in [-0.05, 0) is 17.5 Å². The highest BCUT2D eigenvalue weighted by atomic mass is 15.3. The third-order valence-electron chi connectivity index (χ3n) is 4.56. The van der Waals surface area contributed by atoms with Crippen LogP contribution in [0.3, 0.4) is 0 Å². The van der Waals surface area contributed by atoms with Gasteiger partial charge in [0.25, 0.3) is 0 Å². The van der Waals surface area contributed by atoms with Crippen molar-refractivity contribution in [1.29, 1.82) is 10.5 Å². The molecule has 0 radical (unpaired) electrons. The average molecular weight is 347 g/mol. The van der Waals surface area contributed by atoms with Gasteiger partial charge < -0.3 is 15.5 Å². The molecular formula is C19H21N7. The predicted molar refractivity (Wildman–Crippen MR) is 100 cm³/mol. The smallest absolute Gasteiger partial charge is 0.157 e. The van der Waals surface area contributed by atoms with Crippen LogP contribution >= 0.6 is 0 Å². The first-order valence-electron chi connectivity index (χ1n) is 8.65. The van der Waals surface area contributed by atoms with Gasteiger partial charge in [0.15, 0.2) is 11.6 Å².